The summed E-state index contributed by atoms with van der Waals surface area (Å²) in [5.74, 6) is 0.0841. The van der Waals surface area contributed by atoms with E-state index in [-0.39, 0.29) is 11.8 Å². The van der Waals surface area contributed by atoms with Crippen molar-refractivity contribution in [3.05, 3.63) is 102 Å². The van der Waals surface area contributed by atoms with E-state index in [9.17, 15) is 4.79 Å². The van der Waals surface area contributed by atoms with Gasteiger partial charge in [-0.1, -0.05) is 91.0 Å². The molecule has 2 nitrogen and oxygen atoms in total. The lowest BCUT2D eigenvalue weighted by atomic mass is 9.80. The number of amides is 1. The third kappa shape index (κ3) is 3.10. The number of fused-ring (bicyclic) bond motifs is 4. The summed E-state index contributed by atoms with van der Waals surface area (Å²) in [5, 5.41) is 5.21. The molecule has 1 unspecified atom stereocenters. The molecule has 0 saturated carbocycles. The average molecular weight is 398 g/mol. The molecule has 1 amide bonds. The Morgan fingerprint density at radius 1 is 0.931 bits per heavy atom. The van der Waals surface area contributed by atoms with Gasteiger partial charge in [0.15, 0.2) is 0 Å². The molecule has 0 radical (unpaired) electrons. The van der Waals surface area contributed by atoms with E-state index < -0.39 is 0 Å². The third-order valence-electron chi connectivity index (χ3n) is 5.77. The van der Waals surface area contributed by atoms with Gasteiger partial charge in [0, 0.05) is 23.1 Å². The second-order valence-electron chi connectivity index (χ2n) is 7.58. The van der Waals surface area contributed by atoms with Gasteiger partial charge in [-0.2, -0.15) is 0 Å². The van der Waals surface area contributed by atoms with Crippen LogP contribution < -0.4 is 4.90 Å². The normalized spacial score (nSPS) is 16.2. The smallest absolute Gasteiger partial charge is 0.228 e. The van der Waals surface area contributed by atoms with Crippen LogP contribution in [0.3, 0.4) is 0 Å². The van der Waals surface area contributed by atoms with Crippen molar-refractivity contribution in [1.82, 2.24) is 0 Å². The maximum Gasteiger partial charge on any atom is 0.228 e. The molecule has 0 fully saturated rings. The Labute approximate surface area is 175 Å². The lowest BCUT2D eigenvalue weighted by Crippen LogP contribution is -2.37. The Bertz CT molecular complexity index is 1280. The number of hydrogen-bond donors (Lipinski definition) is 0. The first kappa shape index (κ1) is 18.0. The summed E-state index contributed by atoms with van der Waals surface area (Å²) in [4.78, 5) is 14.9. The summed E-state index contributed by atoms with van der Waals surface area (Å²) >= 11 is 6.09. The van der Waals surface area contributed by atoms with Gasteiger partial charge < -0.3 is 4.90 Å². The van der Waals surface area contributed by atoms with Crippen molar-refractivity contribution in [3.8, 4) is 0 Å². The molecule has 1 aliphatic rings. The monoisotopic (exact) mass is 397 g/mol. The van der Waals surface area contributed by atoms with E-state index in [0.29, 0.717) is 18.0 Å². The summed E-state index contributed by atoms with van der Waals surface area (Å²) in [7, 11) is 0. The SMILES string of the molecule is C=C(Cl)CN1C(=O)CC(c2ccc3ccccc3c2)c2c1ccc1ccccc21. The van der Waals surface area contributed by atoms with Gasteiger partial charge in [0.1, 0.15) is 0 Å². The molecule has 3 heteroatoms. The Morgan fingerprint density at radius 3 is 2.41 bits per heavy atom. The molecular weight excluding hydrogens is 378 g/mol. The predicted octanol–water partition coefficient (Wildman–Crippen LogP) is 6.61. The fraction of sp³-hybridized carbons (Fsp3) is 0.115. The quantitative estimate of drug-likeness (QED) is 0.380. The second kappa shape index (κ2) is 7.06. The summed E-state index contributed by atoms with van der Waals surface area (Å²) in [6.45, 7) is 4.13. The molecule has 29 heavy (non-hydrogen) atoms. The van der Waals surface area contributed by atoms with Crippen LogP contribution in [0, 0.1) is 0 Å². The number of anilines is 1. The zero-order valence-electron chi connectivity index (χ0n) is 15.9. The van der Waals surface area contributed by atoms with E-state index in [4.69, 9.17) is 11.6 Å². The first-order chi connectivity index (χ1) is 14.1. The highest BCUT2D eigenvalue weighted by Crippen LogP contribution is 2.44. The van der Waals surface area contributed by atoms with Gasteiger partial charge in [-0.15, -0.1) is 0 Å². The van der Waals surface area contributed by atoms with Gasteiger partial charge in [0.05, 0.1) is 6.54 Å². The minimum Gasteiger partial charge on any atom is -0.307 e. The highest BCUT2D eigenvalue weighted by atomic mass is 35.5. The summed E-state index contributed by atoms with van der Waals surface area (Å²) in [6.07, 6.45) is 0.420. The van der Waals surface area contributed by atoms with Crippen molar-refractivity contribution in [3.63, 3.8) is 0 Å². The average Bonchev–Trinajstić information content (AvgIpc) is 2.74. The van der Waals surface area contributed by atoms with E-state index in [1.807, 2.05) is 18.2 Å². The molecule has 142 valence electrons. The van der Waals surface area contributed by atoms with Crippen molar-refractivity contribution < 1.29 is 4.79 Å². The first-order valence-corrected chi connectivity index (χ1v) is 10.1. The van der Waals surface area contributed by atoms with Gasteiger partial charge in [-0.3, -0.25) is 4.79 Å². The lowest BCUT2D eigenvalue weighted by Gasteiger charge is -2.35. The lowest BCUT2D eigenvalue weighted by molar-refractivity contribution is -0.119. The molecule has 1 heterocycles. The summed E-state index contributed by atoms with van der Waals surface area (Å²) in [5.41, 5.74) is 3.29. The van der Waals surface area contributed by atoms with Crippen LogP contribution in [0.15, 0.2) is 90.5 Å². The fourth-order valence-electron chi connectivity index (χ4n) is 4.46. The highest BCUT2D eigenvalue weighted by molar-refractivity contribution is 6.30. The van der Waals surface area contributed by atoms with Crippen LogP contribution in [0.2, 0.25) is 0 Å². The third-order valence-corrected chi connectivity index (χ3v) is 5.89. The van der Waals surface area contributed by atoms with Crippen molar-refractivity contribution in [2.24, 2.45) is 0 Å². The number of hydrogen-bond acceptors (Lipinski definition) is 1. The number of carbonyl (C=O) groups is 1. The van der Waals surface area contributed by atoms with E-state index in [2.05, 4.69) is 67.2 Å². The Kier molecular flexibility index (Phi) is 4.37. The van der Waals surface area contributed by atoms with Gasteiger partial charge in [0.2, 0.25) is 5.91 Å². The second-order valence-corrected chi connectivity index (χ2v) is 8.11. The van der Waals surface area contributed by atoms with Crippen LogP contribution in [-0.4, -0.2) is 12.5 Å². The number of carbonyl (C=O) groups excluding carboxylic acids is 1. The van der Waals surface area contributed by atoms with E-state index in [0.717, 1.165) is 5.69 Å². The van der Waals surface area contributed by atoms with Gasteiger partial charge in [-0.25, -0.2) is 0 Å². The Balaban J connectivity index is 1.75. The molecule has 1 atom stereocenters. The summed E-state index contributed by atoms with van der Waals surface area (Å²) < 4.78 is 0. The molecule has 4 aromatic rings. The van der Waals surface area contributed by atoms with Gasteiger partial charge in [-0.05, 0) is 38.7 Å². The number of nitrogens with zero attached hydrogens (tertiary/aromatic N) is 1. The molecular formula is C26H20ClNO. The van der Waals surface area contributed by atoms with Crippen LogP contribution in [0.4, 0.5) is 5.69 Å². The van der Waals surface area contributed by atoms with Gasteiger partial charge in [0.25, 0.3) is 0 Å². The molecule has 1 aliphatic heterocycles. The van der Waals surface area contributed by atoms with Crippen LogP contribution >= 0.6 is 11.6 Å². The summed E-state index contributed by atoms with van der Waals surface area (Å²) in [6, 6.07) is 27.3. The first-order valence-electron chi connectivity index (χ1n) is 9.76. The number of benzene rings is 4. The van der Waals surface area contributed by atoms with Crippen LogP contribution in [0.1, 0.15) is 23.5 Å². The number of rotatable bonds is 3. The number of halogens is 1. The Morgan fingerprint density at radius 2 is 1.62 bits per heavy atom. The van der Waals surface area contributed by atoms with E-state index in [1.54, 1.807) is 4.90 Å². The maximum atomic E-state index is 13.1. The van der Waals surface area contributed by atoms with Crippen molar-refractivity contribution >= 4 is 44.7 Å². The van der Waals surface area contributed by atoms with Crippen LogP contribution in [0.25, 0.3) is 21.5 Å². The van der Waals surface area contributed by atoms with Crippen molar-refractivity contribution in [2.75, 3.05) is 11.4 Å². The maximum absolute atomic E-state index is 13.1. The zero-order valence-corrected chi connectivity index (χ0v) is 16.7. The minimum atomic E-state index is 0.00745. The zero-order chi connectivity index (χ0) is 20.0. The Hall–Kier alpha value is -3.10. The van der Waals surface area contributed by atoms with Crippen LogP contribution in [-0.2, 0) is 4.79 Å². The molecule has 0 aromatic heterocycles. The predicted molar refractivity (Wildman–Crippen MR) is 122 cm³/mol. The fourth-order valence-corrected chi connectivity index (χ4v) is 4.58. The molecule has 0 bridgehead atoms. The standard InChI is InChI=1S/C26H20ClNO/c1-17(27)16-28-24-13-12-19-7-4-5-9-22(19)26(24)23(15-25(28)29)21-11-10-18-6-2-3-8-20(18)14-21/h2-14,23H,1,15-16H2. The van der Waals surface area contributed by atoms with E-state index in [1.165, 1.54) is 32.7 Å². The molecule has 4 aromatic carbocycles. The topological polar surface area (TPSA) is 20.3 Å². The van der Waals surface area contributed by atoms with Crippen molar-refractivity contribution in [2.45, 2.75) is 12.3 Å². The molecule has 0 saturated heterocycles. The molecule has 5 rings (SSSR count). The molecule has 0 N–H and O–H groups in total. The molecule has 0 spiro atoms. The van der Waals surface area contributed by atoms with Crippen LogP contribution in [0.5, 0.6) is 0 Å². The van der Waals surface area contributed by atoms with Crippen molar-refractivity contribution in [1.29, 1.82) is 0 Å². The minimum absolute atomic E-state index is 0.00745. The van der Waals surface area contributed by atoms with E-state index >= 15 is 0 Å². The van der Waals surface area contributed by atoms with Gasteiger partial charge >= 0.3 is 0 Å². The largest absolute Gasteiger partial charge is 0.307 e. The molecule has 0 aliphatic carbocycles. The highest BCUT2D eigenvalue weighted by Gasteiger charge is 2.33.